The highest BCUT2D eigenvalue weighted by atomic mass is 79.9. The number of hydrogen-bond acceptors (Lipinski definition) is 2. The lowest BCUT2D eigenvalue weighted by atomic mass is 9.93. The maximum Gasteiger partial charge on any atom is 0.223 e. The number of likely N-dealkylation sites (tertiary alicyclic amines) is 1. The fourth-order valence-corrected chi connectivity index (χ4v) is 4.70. The highest BCUT2D eigenvalue weighted by Gasteiger charge is 2.28. The predicted molar refractivity (Wildman–Crippen MR) is 141 cm³/mol. The molecule has 3 aromatic carbocycles. The Kier molecular flexibility index (Phi) is 7.73. The third kappa shape index (κ3) is 6.40. The molecule has 1 fully saturated rings. The monoisotopic (exact) mass is 563 g/mol. The quantitative estimate of drug-likeness (QED) is 0.322. The Morgan fingerprint density at radius 3 is 1.85 bits per heavy atom. The lowest BCUT2D eigenvalue weighted by Crippen LogP contribution is -2.41. The van der Waals surface area contributed by atoms with Gasteiger partial charge in [0.25, 0.3) is 0 Å². The molecule has 1 aliphatic heterocycles. The smallest absolute Gasteiger partial charge is 0.223 e. The second kappa shape index (κ2) is 10.9. The first-order valence-electron chi connectivity index (χ1n) is 10.8. The van der Waals surface area contributed by atoms with E-state index in [1.807, 2.05) is 91.0 Å². The highest BCUT2D eigenvalue weighted by Crippen LogP contribution is 2.25. The molecule has 3 nitrogen and oxygen atoms in total. The summed E-state index contributed by atoms with van der Waals surface area (Å²) in [5.74, 6) is 0.0358. The van der Waals surface area contributed by atoms with E-state index in [9.17, 15) is 9.59 Å². The van der Waals surface area contributed by atoms with Gasteiger partial charge in [-0.2, -0.15) is 0 Å². The number of carbonyl (C=O) groups excluding carboxylic acids is 2. The van der Waals surface area contributed by atoms with Crippen LogP contribution in [0.15, 0.2) is 99.0 Å². The number of halogens is 2. The summed E-state index contributed by atoms with van der Waals surface area (Å²) in [5.41, 5.74) is 4.22. The molecule has 0 N–H and O–H groups in total. The summed E-state index contributed by atoms with van der Waals surface area (Å²) in [4.78, 5) is 28.3. The first kappa shape index (κ1) is 23.4. The molecule has 0 atom stereocenters. The van der Waals surface area contributed by atoms with Crippen molar-refractivity contribution in [1.82, 2.24) is 4.90 Å². The maximum absolute atomic E-state index is 13.4. The van der Waals surface area contributed by atoms with E-state index in [-0.39, 0.29) is 11.7 Å². The summed E-state index contributed by atoms with van der Waals surface area (Å²) in [6.45, 7) is 0.629. The van der Waals surface area contributed by atoms with Gasteiger partial charge in [-0.05, 0) is 59.5 Å². The van der Waals surface area contributed by atoms with Gasteiger partial charge in [-0.15, -0.1) is 0 Å². The highest BCUT2D eigenvalue weighted by molar-refractivity contribution is 9.10. The van der Waals surface area contributed by atoms with Crippen LogP contribution in [0.25, 0.3) is 12.2 Å². The number of piperidine rings is 1. The maximum atomic E-state index is 13.4. The van der Waals surface area contributed by atoms with Crippen molar-refractivity contribution in [1.29, 1.82) is 0 Å². The largest absolute Gasteiger partial charge is 0.334 e. The van der Waals surface area contributed by atoms with Gasteiger partial charge in [0.2, 0.25) is 5.91 Å². The Hall–Kier alpha value is -2.76. The Labute approximate surface area is 211 Å². The Morgan fingerprint density at radius 2 is 1.33 bits per heavy atom. The number of Topliss-reactive ketones (excluding diaryl/α,β-unsaturated/α-hetero) is 1. The molecule has 4 rings (SSSR count). The summed E-state index contributed by atoms with van der Waals surface area (Å²) in [5, 5.41) is 0. The lowest BCUT2D eigenvalue weighted by Gasteiger charge is -2.30. The van der Waals surface area contributed by atoms with Crippen LogP contribution in [0.3, 0.4) is 0 Å². The van der Waals surface area contributed by atoms with E-state index < -0.39 is 0 Å². The minimum Gasteiger partial charge on any atom is -0.334 e. The molecule has 0 aliphatic carbocycles. The topological polar surface area (TPSA) is 37.4 Å². The second-order valence-electron chi connectivity index (χ2n) is 8.01. The average Bonchev–Trinajstić information content (AvgIpc) is 2.81. The predicted octanol–water partition coefficient (Wildman–Crippen LogP) is 6.72. The summed E-state index contributed by atoms with van der Waals surface area (Å²) in [6, 6.07) is 25.6. The van der Waals surface area contributed by atoms with Gasteiger partial charge in [-0.3, -0.25) is 9.59 Å². The van der Waals surface area contributed by atoms with Gasteiger partial charge in [0.05, 0.1) is 0 Å². The lowest BCUT2D eigenvalue weighted by molar-refractivity contribution is -0.131. The van der Waals surface area contributed by atoms with E-state index in [1.165, 1.54) is 0 Å². The van der Waals surface area contributed by atoms with Crippen molar-refractivity contribution in [2.45, 2.75) is 12.8 Å². The standard InChI is InChI=1S/C28H23Br2NO2/c29-25-10-4-8-21(16-25)14-23-18-31(27(32)13-12-20-6-2-1-3-7-20)19-24(28(23)33)15-22-9-5-11-26(30)17-22/h1-11,14-17H,12-13,18-19H2. The van der Waals surface area contributed by atoms with Gasteiger partial charge in [-0.1, -0.05) is 86.5 Å². The van der Waals surface area contributed by atoms with Crippen molar-refractivity contribution < 1.29 is 9.59 Å². The number of aryl methyl sites for hydroxylation is 1. The summed E-state index contributed by atoms with van der Waals surface area (Å²) < 4.78 is 1.89. The van der Waals surface area contributed by atoms with E-state index in [0.29, 0.717) is 37.1 Å². The van der Waals surface area contributed by atoms with Crippen LogP contribution in [0.5, 0.6) is 0 Å². The first-order chi connectivity index (χ1) is 16.0. The minimum atomic E-state index is -0.0120. The van der Waals surface area contributed by atoms with E-state index in [4.69, 9.17) is 0 Å². The van der Waals surface area contributed by atoms with Gasteiger partial charge in [-0.25, -0.2) is 0 Å². The number of carbonyl (C=O) groups is 2. The Balaban J connectivity index is 1.62. The van der Waals surface area contributed by atoms with Gasteiger partial charge >= 0.3 is 0 Å². The summed E-state index contributed by atoms with van der Waals surface area (Å²) in [7, 11) is 0. The fraction of sp³-hybridized carbons (Fsp3) is 0.143. The van der Waals surface area contributed by atoms with Crippen LogP contribution in [-0.4, -0.2) is 29.7 Å². The molecule has 0 bridgehead atoms. The number of benzene rings is 3. The van der Waals surface area contributed by atoms with E-state index >= 15 is 0 Å². The van der Waals surface area contributed by atoms with Gasteiger partial charge < -0.3 is 4.90 Å². The van der Waals surface area contributed by atoms with Crippen molar-refractivity contribution in [3.05, 3.63) is 116 Å². The average molecular weight is 565 g/mol. The van der Waals surface area contributed by atoms with Crippen molar-refractivity contribution >= 4 is 55.7 Å². The van der Waals surface area contributed by atoms with E-state index in [1.54, 1.807) is 4.90 Å². The zero-order chi connectivity index (χ0) is 23.2. The molecule has 0 spiro atoms. The number of hydrogen-bond donors (Lipinski definition) is 0. The molecule has 1 saturated heterocycles. The molecule has 1 heterocycles. The molecular weight excluding hydrogens is 542 g/mol. The number of amides is 1. The zero-order valence-electron chi connectivity index (χ0n) is 18.0. The molecule has 1 amide bonds. The van der Waals surface area contributed by atoms with Crippen molar-refractivity contribution in [3.8, 4) is 0 Å². The van der Waals surface area contributed by atoms with Gasteiger partial charge in [0.15, 0.2) is 5.78 Å². The normalized spacial score (nSPS) is 16.4. The van der Waals surface area contributed by atoms with Crippen molar-refractivity contribution in [3.63, 3.8) is 0 Å². The van der Waals surface area contributed by atoms with Crippen LogP contribution >= 0.6 is 31.9 Å². The van der Waals surface area contributed by atoms with E-state index in [0.717, 1.165) is 25.6 Å². The molecule has 0 radical (unpaired) electrons. The molecule has 0 aromatic heterocycles. The molecule has 166 valence electrons. The van der Waals surface area contributed by atoms with Crippen LogP contribution in [0, 0.1) is 0 Å². The van der Waals surface area contributed by atoms with Gasteiger partial charge in [0, 0.05) is 39.6 Å². The SMILES string of the molecule is O=C1C(=Cc2cccc(Br)c2)CN(C(=O)CCc2ccccc2)CC1=Cc1cccc(Br)c1. The number of ketones is 1. The van der Waals surface area contributed by atoms with Crippen molar-refractivity contribution in [2.75, 3.05) is 13.1 Å². The fourth-order valence-electron chi connectivity index (χ4n) is 3.86. The van der Waals surface area contributed by atoms with Crippen LogP contribution in [0.4, 0.5) is 0 Å². The number of rotatable bonds is 5. The molecule has 0 saturated carbocycles. The molecule has 0 unspecified atom stereocenters. The van der Waals surface area contributed by atoms with Crippen molar-refractivity contribution in [2.24, 2.45) is 0 Å². The molecule has 5 heteroatoms. The van der Waals surface area contributed by atoms with Gasteiger partial charge in [0.1, 0.15) is 0 Å². The third-order valence-corrected chi connectivity index (χ3v) is 6.49. The molecule has 3 aromatic rings. The molecule has 33 heavy (non-hydrogen) atoms. The molecular formula is C28H23Br2NO2. The first-order valence-corrected chi connectivity index (χ1v) is 12.4. The van der Waals surface area contributed by atoms with Crippen LogP contribution < -0.4 is 0 Å². The Morgan fingerprint density at radius 1 is 0.788 bits per heavy atom. The number of nitrogens with zero attached hydrogens (tertiary/aromatic N) is 1. The second-order valence-corrected chi connectivity index (χ2v) is 9.85. The summed E-state index contributed by atoms with van der Waals surface area (Å²) in [6.07, 6.45) is 4.86. The third-order valence-electron chi connectivity index (χ3n) is 5.51. The zero-order valence-corrected chi connectivity index (χ0v) is 21.2. The van der Waals surface area contributed by atoms with Crippen LogP contribution in [-0.2, 0) is 16.0 Å². The van der Waals surface area contributed by atoms with Crippen LogP contribution in [0.1, 0.15) is 23.1 Å². The van der Waals surface area contributed by atoms with E-state index in [2.05, 4.69) is 31.9 Å². The van der Waals surface area contributed by atoms with Crippen LogP contribution in [0.2, 0.25) is 0 Å². The summed E-state index contributed by atoms with van der Waals surface area (Å²) >= 11 is 6.98. The molecule has 1 aliphatic rings. The Bertz CT molecular complexity index is 1160. The minimum absolute atomic E-state index is 0.0120.